The first-order valence-electron chi connectivity index (χ1n) is 7.95. The van der Waals surface area contributed by atoms with Gasteiger partial charge < -0.3 is 14.9 Å². The van der Waals surface area contributed by atoms with Crippen LogP contribution in [-0.4, -0.2) is 30.7 Å². The lowest BCUT2D eigenvalue weighted by Crippen LogP contribution is -2.34. The predicted molar refractivity (Wildman–Crippen MR) is 109 cm³/mol. The van der Waals surface area contributed by atoms with Crippen LogP contribution in [0.5, 0.6) is 0 Å². The number of aromatic nitrogens is 2. The van der Waals surface area contributed by atoms with Crippen LogP contribution in [0.1, 0.15) is 5.56 Å². The zero-order chi connectivity index (χ0) is 20.6. The minimum absolute atomic E-state index is 0.355. The minimum Gasteiger partial charge on any atom is -0.382 e. The standard InChI is InChI=1S/C18H16Cl2N2OS.HNO3/c19-14-6-7-16(17(20)10-14)18(23,11-22-9-8-21-13-22)12-24-15-4-2-1-3-5-15;2-1(3)4/h1-10,13,23H,11-12H2;(H,2,3,4). The van der Waals surface area contributed by atoms with Gasteiger partial charge in [0.05, 0.1) is 12.9 Å². The van der Waals surface area contributed by atoms with Crippen molar-refractivity contribution in [3.8, 4) is 0 Å². The molecule has 2 N–H and O–H groups in total. The number of halogens is 2. The van der Waals surface area contributed by atoms with E-state index in [-0.39, 0.29) is 0 Å². The Morgan fingerprint density at radius 2 is 1.89 bits per heavy atom. The first-order valence-corrected chi connectivity index (χ1v) is 9.69. The predicted octanol–water partition coefficient (Wildman–Crippen LogP) is 4.52. The Kier molecular flexibility index (Phi) is 8.13. The summed E-state index contributed by atoms with van der Waals surface area (Å²) >= 11 is 13.9. The second kappa shape index (κ2) is 10.3. The van der Waals surface area contributed by atoms with E-state index < -0.39 is 10.7 Å². The summed E-state index contributed by atoms with van der Waals surface area (Å²) in [5.41, 5.74) is -0.492. The molecule has 0 fully saturated rings. The molecule has 1 atom stereocenters. The molecule has 1 heterocycles. The summed E-state index contributed by atoms with van der Waals surface area (Å²) in [5, 5.41) is 26.0. The van der Waals surface area contributed by atoms with E-state index in [4.69, 9.17) is 38.5 Å². The molecule has 0 saturated carbocycles. The molecular weight excluding hydrogens is 425 g/mol. The molecule has 0 aliphatic carbocycles. The van der Waals surface area contributed by atoms with Gasteiger partial charge in [0, 0.05) is 38.7 Å². The van der Waals surface area contributed by atoms with E-state index in [0.29, 0.717) is 27.9 Å². The highest BCUT2D eigenvalue weighted by atomic mass is 35.5. The molecule has 0 amide bonds. The zero-order valence-corrected chi connectivity index (χ0v) is 16.8. The van der Waals surface area contributed by atoms with Crippen LogP contribution in [0, 0.1) is 10.1 Å². The van der Waals surface area contributed by atoms with Crippen LogP contribution in [0.15, 0.2) is 72.1 Å². The summed E-state index contributed by atoms with van der Waals surface area (Å²) in [6.45, 7) is 0.355. The van der Waals surface area contributed by atoms with Crippen molar-refractivity contribution in [3.05, 3.63) is 93.0 Å². The van der Waals surface area contributed by atoms with Crippen molar-refractivity contribution in [3.63, 3.8) is 0 Å². The molecule has 28 heavy (non-hydrogen) atoms. The first kappa shape index (κ1) is 22.0. The van der Waals surface area contributed by atoms with Gasteiger partial charge in [0.2, 0.25) is 0 Å². The van der Waals surface area contributed by atoms with E-state index in [2.05, 4.69) is 4.98 Å². The lowest BCUT2D eigenvalue weighted by molar-refractivity contribution is -0.742. The molecule has 0 aliphatic rings. The summed E-state index contributed by atoms with van der Waals surface area (Å²) in [7, 11) is 0. The summed E-state index contributed by atoms with van der Waals surface area (Å²) in [6, 6.07) is 15.2. The average Bonchev–Trinajstić information content (AvgIpc) is 3.13. The Bertz CT molecular complexity index is 893. The van der Waals surface area contributed by atoms with Crippen LogP contribution < -0.4 is 0 Å². The number of imidazole rings is 1. The number of nitrogens with zero attached hydrogens (tertiary/aromatic N) is 3. The second-order valence-corrected chi connectivity index (χ2v) is 7.62. The van der Waals surface area contributed by atoms with E-state index in [1.54, 1.807) is 42.5 Å². The van der Waals surface area contributed by atoms with E-state index >= 15 is 0 Å². The molecule has 1 aromatic heterocycles. The molecule has 3 aromatic rings. The van der Waals surface area contributed by atoms with E-state index in [9.17, 15) is 5.11 Å². The van der Waals surface area contributed by atoms with Gasteiger partial charge in [-0.15, -0.1) is 21.9 Å². The number of aliphatic hydroxyl groups is 1. The summed E-state index contributed by atoms with van der Waals surface area (Å²) in [5.74, 6) is 0.455. The van der Waals surface area contributed by atoms with Crippen LogP contribution in [0.25, 0.3) is 0 Å². The van der Waals surface area contributed by atoms with Gasteiger partial charge in [-0.1, -0.05) is 47.5 Å². The van der Waals surface area contributed by atoms with Crippen LogP contribution in [0.2, 0.25) is 10.0 Å². The molecule has 2 aromatic carbocycles. The van der Waals surface area contributed by atoms with Gasteiger partial charge in [-0.05, 0) is 24.3 Å². The van der Waals surface area contributed by atoms with Gasteiger partial charge in [0.1, 0.15) is 5.60 Å². The number of hydrogen-bond donors (Lipinski definition) is 2. The highest BCUT2D eigenvalue weighted by Crippen LogP contribution is 2.36. The number of thioether (sulfide) groups is 1. The van der Waals surface area contributed by atoms with Gasteiger partial charge in [-0.25, -0.2) is 4.98 Å². The Morgan fingerprint density at radius 1 is 1.21 bits per heavy atom. The average molecular weight is 442 g/mol. The quantitative estimate of drug-likeness (QED) is 0.331. The molecule has 0 saturated heterocycles. The highest BCUT2D eigenvalue weighted by Gasteiger charge is 2.32. The second-order valence-electron chi connectivity index (χ2n) is 5.73. The summed E-state index contributed by atoms with van der Waals surface area (Å²) in [6.07, 6.45) is 5.19. The SMILES string of the molecule is O=[N+]([O-])O.OC(CSc1ccccc1)(Cn1ccnc1)c1ccc(Cl)cc1Cl. The molecule has 0 radical (unpaired) electrons. The first-order chi connectivity index (χ1) is 13.3. The Labute approximate surface area is 175 Å². The lowest BCUT2D eigenvalue weighted by Gasteiger charge is -2.30. The van der Waals surface area contributed by atoms with Crippen LogP contribution >= 0.6 is 35.0 Å². The maximum Gasteiger partial charge on any atom is 0.291 e. The maximum absolute atomic E-state index is 11.4. The van der Waals surface area contributed by atoms with Crippen molar-refractivity contribution in [1.82, 2.24) is 9.55 Å². The van der Waals surface area contributed by atoms with Crippen LogP contribution in [0.3, 0.4) is 0 Å². The van der Waals surface area contributed by atoms with Gasteiger partial charge in [-0.3, -0.25) is 0 Å². The normalized spacial score (nSPS) is 12.5. The maximum atomic E-state index is 11.4. The molecule has 0 spiro atoms. The molecular formula is C18H17Cl2N3O4S. The number of benzene rings is 2. The van der Waals surface area contributed by atoms with Crippen LogP contribution in [-0.2, 0) is 12.1 Å². The fraction of sp³-hybridized carbons (Fsp3) is 0.167. The lowest BCUT2D eigenvalue weighted by atomic mass is 9.95. The zero-order valence-electron chi connectivity index (χ0n) is 14.5. The third-order valence-electron chi connectivity index (χ3n) is 3.66. The van der Waals surface area contributed by atoms with E-state index in [1.807, 2.05) is 41.1 Å². The third kappa shape index (κ3) is 6.72. The molecule has 7 nitrogen and oxygen atoms in total. The van der Waals surface area contributed by atoms with E-state index in [0.717, 1.165) is 4.90 Å². The smallest absolute Gasteiger partial charge is 0.291 e. The van der Waals surface area contributed by atoms with Crippen molar-refractivity contribution in [2.45, 2.75) is 17.0 Å². The number of hydrogen-bond acceptors (Lipinski definition) is 5. The molecule has 1 unspecified atom stereocenters. The largest absolute Gasteiger partial charge is 0.382 e. The van der Waals surface area contributed by atoms with Gasteiger partial charge in [0.15, 0.2) is 0 Å². The van der Waals surface area contributed by atoms with Crippen molar-refractivity contribution in [2.24, 2.45) is 0 Å². The monoisotopic (exact) mass is 441 g/mol. The summed E-state index contributed by atoms with van der Waals surface area (Å²) in [4.78, 5) is 13.5. The molecule has 0 aliphatic heterocycles. The Morgan fingerprint density at radius 3 is 2.46 bits per heavy atom. The van der Waals surface area contributed by atoms with Crippen molar-refractivity contribution < 1.29 is 15.4 Å². The fourth-order valence-electron chi connectivity index (χ4n) is 2.48. The topological polar surface area (TPSA) is 101 Å². The molecule has 10 heteroatoms. The van der Waals surface area contributed by atoms with Gasteiger partial charge in [0.25, 0.3) is 5.09 Å². The molecule has 0 bridgehead atoms. The van der Waals surface area contributed by atoms with E-state index in [1.165, 1.54) is 0 Å². The van der Waals surface area contributed by atoms with Gasteiger partial charge in [-0.2, -0.15) is 0 Å². The highest BCUT2D eigenvalue weighted by molar-refractivity contribution is 7.99. The Balaban J connectivity index is 0.000000640. The van der Waals surface area contributed by atoms with Crippen molar-refractivity contribution in [2.75, 3.05) is 5.75 Å². The van der Waals surface area contributed by atoms with Gasteiger partial charge >= 0.3 is 0 Å². The third-order valence-corrected chi connectivity index (χ3v) is 5.43. The minimum atomic E-state index is -1.50. The Hall–Kier alpha value is -2.26. The fourth-order valence-corrected chi connectivity index (χ4v) is 4.06. The van der Waals surface area contributed by atoms with Crippen molar-refractivity contribution >= 4 is 35.0 Å². The molecule has 148 valence electrons. The molecule has 3 rings (SSSR count). The summed E-state index contributed by atoms with van der Waals surface area (Å²) < 4.78 is 1.84. The number of rotatable bonds is 6. The van der Waals surface area contributed by atoms with Crippen molar-refractivity contribution in [1.29, 1.82) is 0 Å². The van der Waals surface area contributed by atoms with Crippen LogP contribution in [0.4, 0.5) is 0 Å².